The lowest BCUT2D eigenvalue weighted by Crippen LogP contribution is -2.41. The number of aromatic nitrogens is 2. The summed E-state index contributed by atoms with van der Waals surface area (Å²) in [6.07, 6.45) is 0.108. The van der Waals surface area contributed by atoms with Crippen molar-refractivity contribution in [3.05, 3.63) is 77.7 Å². The molecular weight excluding hydrogens is 431 g/mol. The molecule has 0 radical (unpaired) electrons. The molecule has 0 spiro atoms. The first kappa shape index (κ1) is 25.1. The Hall–Kier alpha value is -3.48. The number of carbonyl (C=O) groups excluding carboxylic acids is 2. The van der Waals surface area contributed by atoms with E-state index >= 15 is 0 Å². The van der Waals surface area contributed by atoms with Gasteiger partial charge in [0.1, 0.15) is 11.6 Å². The third kappa shape index (κ3) is 6.76. The number of para-hydroxylation sites is 1. The molecule has 2 amide bonds. The molecule has 0 aliphatic carbocycles. The zero-order valence-electron chi connectivity index (χ0n) is 20.5. The number of carbonyl (C=O) groups is 2. The van der Waals surface area contributed by atoms with Gasteiger partial charge in [0.05, 0.1) is 24.3 Å². The number of benzene rings is 2. The summed E-state index contributed by atoms with van der Waals surface area (Å²) in [4.78, 5) is 27.6. The minimum Gasteiger partial charge on any atom is -0.333 e. The van der Waals surface area contributed by atoms with Crippen molar-refractivity contribution in [3.63, 3.8) is 0 Å². The number of nitrogens with zero attached hydrogens (tertiary/aromatic N) is 3. The summed E-state index contributed by atoms with van der Waals surface area (Å²) in [7, 11) is 0. The van der Waals surface area contributed by atoms with Crippen LogP contribution < -0.4 is 5.32 Å². The van der Waals surface area contributed by atoms with Crippen molar-refractivity contribution in [1.82, 2.24) is 14.7 Å². The van der Waals surface area contributed by atoms with Gasteiger partial charge in [-0.3, -0.25) is 9.59 Å². The van der Waals surface area contributed by atoms with Crippen LogP contribution in [0.4, 0.5) is 10.2 Å². The standard InChI is InChI=1S/C27H33FN4O2/c1-19(2)17-31(26(34)15-20-11-13-21(28)14-12-20)18-25(33)29-24-16-23(27(3,4)5)30-32(24)22-9-7-6-8-10-22/h6-14,16,19H,15,17-18H2,1-5H3,(H,29,33). The smallest absolute Gasteiger partial charge is 0.245 e. The van der Waals surface area contributed by atoms with Crippen LogP contribution in [0.25, 0.3) is 5.69 Å². The average molecular weight is 465 g/mol. The molecule has 1 aromatic heterocycles. The molecule has 0 unspecified atom stereocenters. The molecule has 0 bridgehead atoms. The van der Waals surface area contributed by atoms with Crippen molar-refractivity contribution in [1.29, 1.82) is 0 Å². The predicted octanol–water partition coefficient (Wildman–Crippen LogP) is 4.97. The van der Waals surface area contributed by atoms with E-state index in [9.17, 15) is 14.0 Å². The van der Waals surface area contributed by atoms with Crippen molar-refractivity contribution in [2.75, 3.05) is 18.4 Å². The summed E-state index contributed by atoms with van der Waals surface area (Å²) in [5.74, 6) is -0.0868. The quantitative estimate of drug-likeness (QED) is 0.512. The summed E-state index contributed by atoms with van der Waals surface area (Å²) in [5, 5.41) is 7.67. The molecule has 0 aliphatic heterocycles. The van der Waals surface area contributed by atoms with E-state index in [1.807, 2.05) is 50.2 Å². The second-order valence-electron chi connectivity index (χ2n) is 9.93. The molecular formula is C27H33FN4O2. The van der Waals surface area contributed by atoms with Crippen LogP contribution in [0.2, 0.25) is 0 Å². The number of hydrogen-bond acceptors (Lipinski definition) is 3. The van der Waals surface area contributed by atoms with E-state index in [4.69, 9.17) is 5.10 Å². The van der Waals surface area contributed by atoms with E-state index < -0.39 is 0 Å². The summed E-state index contributed by atoms with van der Waals surface area (Å²) in [6, 6.07) is 17.3. The second-order valence-corrected chi connectivity index (χ2v) is 9.93. The molecule has 7 heteroatoms. The van der Waals surface area contributed by atoms with Crippen molar-refractivity contribution < 1.29 is 14.0 Å². The minimum atomic E-state index is -0.348. The summed E-state index contributed by atoms with van der Waals surface area (Å²) >= 11 is 0. The predicted molar refractivity (Wildman–Crippen MR) is 132 cm³/mol. The summed E-state index contributed by atoms with van der Waals surface area (Å²) in [5.41, 5.74) is 2.18. The number of halogens is 1. The van der Waals surface area contributed by atoms with Gasteiger partial charge >= 0.3 is 0 Å². The molecule has 3 aromatic rings. The Labute approximate surface area is 200 Å². The van der Waals surface area contributed by atoms with E-state index in [2.05, 4.69) is 26.1 Å². The number of nitrogens with one attached hydrogen (secondary N) is 1. The second kappa shape index (κ2) is 10.6. The zero-order chi connectivity index (χ0) is 24.9. The fraction of sp³-hybridized carbons (Fsp3) is 0.370. The molecule has 6 nitrogen and oxygen atoms in total. The van der Waals surface area contributed by atoms with Crippen LogP contribution in [0.5, 0.6) is 0 Å². The average Bonchev–Trinajstić information content (AvgIpc) is 3.19. The highest BCUT2D eigenvalue weighted by Crippen LogP contribution is 2.26. The van der Waals surface area contributed by atoms with Crippen LogP contribution >= 0.6 is 0 Å². The first-order valence-corrected chi connectivity index (χ1v) is 11.5. The number of anilines is 1. The number of hydrogen-bond donors (Lipinski definition) is 1. The molecule has 0 saturated heterocycles. The first-order valence-electron chi connectivity index (χ1n) is 11.5. The van der Waals surface area contributed by atoms with Crippen LogP contribution in [0.1, 0.15) is 45.9 Å². The van der Waals surface area contributed by atoms with Gasteiger partial charge in [0, 0.05) is 18.0 Å². The SMILES string of the molecule is CC(C)CN(CC(=O)Nc1cc(C(C)(C)C)nn1-c1ccccc1)C(=O)Cc1ccc(F)cc1. The summed E-state index contributed by atoms with van der Waals surface area (Å²) in [6.45, 7) is 10.5. The Balaban J connectivity index is 1.79. The van der Waals surface area contributed by atoms with Crippen LogP contribution in [0.15, 0.2) is 60.7 Å². The Kier molecular flexibility index (Phi) is 7.87. The van der Waals surface area contributed by atoms with Crippen molar-refractivity contribution >= 4 is 17.6 Å². The van der Waals surface area contributed by atoms with Gasteiger partial charge in [-0.1, -0.05) is 65.0 Å². The molecule has 1 heterocycles. The topological polar surface area (TPSA) is 67.2 Å². The lowest BCUT2D eigenvalue weighted by molar-refractivity contribution is -0.134. The maximum absolute atomic E-state index is 13.2. The van der Waals surface area contributed by atoms with Crippen LogP contribution in [0, 0.1) is 11.7 Å². The number of rotatable bonds is 8. The lowest BCUT2D eigenvalue weighted by atomic mass is 9.92. The Bertz CT molecular complexity index is 1120. The van der Waals surface area contributed by atoms with Gasteiger partial charge in [-0.15, -0.1) is 0 Å². The van der Waals surface area contributed by atoms with Gasteiger partial charge in [-0.25, -0.2) is 9.07 Å². The molecule has 0 atom stereocenters. The highest BCUT2D eigenvalue weighted by Gasteiger charge is 2.23. The maximum Gasteiger partial charge on any atom is 0.245 e. The van der Waals surface area contributed by atoms with Crippen LogP contribution in [-0.2, 0) is 21.4 Å². The normalized spacial score (nSPS) is 11.5. The van der Waals surface area contributed by atoms with Gasteiger partial charge < -0.3 is 10.2 Å². The molecule has 0 fully saturated rings. The van der Waals surface area contributed by atoms with Gasteiger partial charge in [-0.05, 0) is 35.7 Å². The van der Waals surface area contributed by atoms with E-state index in [-0.39, 0.29) is 41.9 Å². The van der Waals surface area contributed by atoms with Gasteiger partial charge in [0.25, 0.3) is 0 Å². The van der Waals surface area contributed by atoms with Crippen LogP contribution in [-0.4, -0.2) is 39.6 Å². The fourth-order valence-corrected chi connectivity index (χ4v) is 3.54. The Morgan fingerprint density at radius 1 is 1.06 bits per heavy atom. The van der Waals surface area contributed by atoms with Gasteiger partial charge in [0.15, 0.2) is 0 Å². The van der Waals surface area contributed by atoms with E-state index in [1.54, 1.807) is 21.7 Å². The molecule has 180 valence electrons. The van der Waals surface area contributed by atoms with Crippen molar-refractivity contribution in [2.45, 2.75) is 46.5 Å². The van der Waals surface area contributed by atoms with Crippen LogP contribution in [0.3, 0.4) is 0 Å². The van der Waals surface area contributed by atoms with Crippen molar-refractivity contribution in [2.24, 2.45) is 5.92 Å². The maximum atomic E-state index is 13.2. The molecule has 1 N–H and O–H groups in total. The summed E-state index contributed by atoms with van der Waals surface area (Å²) < 4.78 is 14.9. The third-order valence-corrected chi connectivity index (χ3v) is 5.29. The van der Waals surface area contributed by atoms with E-state index in [0.717, 1.165) is 11.4 Å². The highest BCUT2D eigenvalue weighted by atomic mass is 19.1. The zero-order valence-corrected chi connectivity index (χ0v) is 20.5. The minimum absolute atomic E-state index is 0.0803. The Morgan fingerprint density at radius 3 is 2.29 bits per heavy atom. The van der Waals surface area contributed by atoms with E-state index in [1.165, 1.54) is 12.1 Å². The Morgan fingerprint density at radius 2 is 1.71 bits per heavy atom. The lowest BCUT2D eigenvalue weighted by Gasteiger charge is -2.24. The monoisotopic (exact) mass is 464 g/mol. The van der Waals surface area contributed by atoms with E-state index in [0.29, 0.717) is 17.9 Å². The van der Waals surface area contributed by atoms with Crippen molar-refractivity contribution in [3.8, 4) is 5.69 Å². The fourth-order valence-electron chi connectivity index (χ4n) is 3.54. The first-order chi connectivity index (χ1) is 16.0. The third-order valence-electron chi connectivity index (χ3n) is 5.29. The number of amides is 2. The molecule has 34 heavy (non-hydrogen) atoms. The molecule has 0 aliphatic rings. The molecule has 0 saturated carbocycles. The highest BCUT2D eigenvalue weighted by molar-refractivity contribution is 5.94. The largest absolute Gasteiger partial charge is 0.333 e. The van der Waals surface area contributed by atoms with Gasteiger partial charge in [-0.2, -0.15) is 5.10 Å². The molecule has 2 aromatic carbocycles. The molecule has 3 rings (SSSR count). The van der Waals surface area contributed by atoms with Gasteiger partial charge in [0.2, 0.25) is 11.8 Å².